The van der Waals surface area contributed by atoms with Crippen molar-refractivity contribution < 1.29 is 28.8 Å². The van der Waals surface area contributed by atoms with Crippen LogP contribution in [0.2, 0.25) is 0 Å². The Labute approximate surface area is 160 Å². The average molecular weight is 379 g/mol. The summed E-state index contributed by atoms with van der Waals surface area (Å²) in [5.74, 6) is 0. The molecule has 0 aromatic heterocycles. The highest BCUT2D eigenvalue weighted by Gasteiger charge is 2.13. The highest BCUT2D eigenvalue weighted by molar-refractivity contribution is 4.58. The molecule has 0 saturated carbocycles. The van der Waals surface area contributed by atoms with Crippen molar-refractivity contribution in [2.24, 2.45) is 0 Å². The van der Waals surface area contributed by atoms with E-state index in [2.05, 4.69) is 13.8 Å². The summed E-state index contributed by atoms with van der Waals surface area (Å²) < 4.78 is 28.6. The molecule has 6 heteroatoms. The van der Waals surface area contributed by atoms with Gasteiger partial charge < -0.3 is 28.8 Å². The first-order valence-corrected chi connectivity index (χ1v) is 10.0. The molecule has 1 N–H and O–H groups in total. The van der Waals surface area contributed by atoms with Crippen LogP contribution in [0.1, 0.15) is 61.3 Å². The van der Waals surface area contributed by atoms with Gasteiger partial charge >= 0.3 is 0 Å². The van der Waals surface area contributed by atoms with Gasteiger partial charge in [0.2, 0.25) is 0 Å². The highest BCUT2D eigenvalue weighted by Crippen LogP contribution is 2.07. The van der Waals surface area contributed by atoms with Crippen LogP contribution >= 0.6 is 0 Å². The summed E-state index contributed by atoms with van der Waals surface area (Å²) in [7, 11) is 0. The Hall–Kier alpha value is -0.240. The Balaban J connectivity index is 3.76. The lowest BCUT2D eigenvalue weighted by Crippen LogP contribution is -2.29. The van der Waals surface area contributed by atoms with Crippen molar-refractivity contribution in [3.8, 4) is 0 Å². The summed E-state index contributed by atoms with van der Waals surface area (Å²) in [4.78, 5) is 0. The molecule has 0 aromatic carbocycles. The van der Waals surface area contributed by atoms with Crippen LogP contribution in [0.25, 0.3) is 0 Å². The van der Waals surface area contributed by atoms with Crippen LogP contribution in [-0.4, -0.2) is 74.8 Å². The molecule has 0 radical (unpaired) electrons. The van der Waals surface area contributed by atoms with E-state index in [1.807, 2.05) is 34.6 Å². The summed E-state index contributed by atoms with van der Waals surface area (Å²) in [5.41, 5.74) is 0. The van der Waals surface area contributed by atoms with Crippen molar-refractivity contribution in [1.29, 1.82) is 0 Å². The minimum atomic E-state index is -0.163. The van der Waals surface area contributed by atoms with Gasteiger partial charge in [-0.2, -0.15) is 0 Å². The van der Waals surface area contributed by atoms with E-state index < -0.39 is 0 Å². The third-order valence-corrected chi connectivity index (χ3v) is 3.88. The fourth-order valence-electron chi connectivity index (χ4n) is 2.31. The van der Waals surface area contributed by atoms with E-state index in [0.29, 0.717) is 26.4 Å². The molecule has 0 bridgehead atoms. The van der Waals surface area contributed by atoms with E-state index in [1.54, 1.807) is 0 Å². The zero-order valence-electron chi connectivity index (χ0n) is 17.9. The standard InChI is InChI=1S/C20H42O6/c1-8-9-15(2)26-20(7)14-25-19(6)13-24-18(5)12-23-17(4)11-22-16(3)10-21/h15-21H,8-14H2,1-7H3. The van der Waals surface area contributed by atoms with Gasteiger partial charge in [-0.05, 0) is 48.0 Å². The molecule has 0 rings (SSSR count). The predicted octanol–water partition coefficient (Wildman–Crippen LogP) is 3.19. The molecule has 6 unspecified atom stereocenters. The topological polar surface area (TPSA) is 66.4 Å². The Morgan fingerprint density at radius 1 is 0.577 bits per heavy atom. The van der Waals surface area contributed by atoms with Crippen molar-refractivity contribution in [2.75, 3.05) is 33.0 Å². The molecule has 0 aliphatic carbocycles. The summed E-state index contributed by atoms with van der Waals surface area (Å²) in [6, 6.07) is 0. The maximum atomic E-state index is 8.93. The van der Waals surface area contributed by atoms with Crippen LogP contribution in [0.5, 0.6) is 0 Å². The largest absolute Gasteiger partial charge is 0.394 e. The minimum absolute atomic E-state index is 0.0103. The second kappa shape index (κ2) is 15.8. The van der Waals surface area contributed by atoms with E-state index in [0.717, 1.165) is 12.8 Å². The first-order valence-electron chi connectivity index (χ1n) is 10.0. The van der Waals surface area contributed by atoms with Gasteiger partial charge in [0, 0.05) is 0 Å². The van der Waals surface area contributed by atoms with Crippen molar-refractivity contribution in [2.45, 2.75) is 97.9 Å². The molecule has 0 aromatic rings. The molecule has 0 saturated heterocycles. The van der Waals surface area contributed by atoms with Crippen LogP contribution in [0, 0.1) is 0 Å². The van der Waals surface area contributed by atoms with Crippen LogP contribution in [-0.2, 0) is 23.7 Å². The number of rotatable bonds is 17. The predicted molar refractivity (Wildman–Crippen MR) is 104 cm³/mol. The smallest absolute Gasteiger partial charge is 0.0784 e. The number of hydrogen-bond acceptors (Lipinski definition) is 6. The normalized spacial score (nSPS) is 18.9. The fourth-order valence-corrected chi connectivity index (χ4v) is 2.31. The van der Waals surface area contributed by atoms with Gasteiger partial charge in [-0.1, -0.05) is 13.3 Å². The maximum absolute atomic E-state index is 8.93. The van der Waals surface area contributed by atoms with Crippen LogP contribution < -0.4 is 0 Å². The van der Waals surface area contributed by atoms with Gasteiger partial charge in [0.05, 0.1) is 69.7 Å². The molecule has 0 fully saturated rings. The maximum Gasteiger partial charge on any atom is 0.0784 e. The number of hydrogen-bond donors (Lipinski definition) is 1. The first-order chi connectivity index (χ1) is 12.3. The van der Waals surface area contributed by atoms with Crippen LogP contribution in [0.3, 0.4) is 0 Å². The number of ether oxygens (including phenoxy) is 5. The quantitative estimate of drug-likeness (QED) is 0.419. The number of aliphatic hydroxyl groups excluding tert-OH is 1. The molecule has 0 heterocycles. The van der Waals surface area contributed by atoms with Crippen LogP contribution in [0.15, 0.2) is 0 Å². The molecule has 0 aliphatic rings. The first kappa shape index (κ1) is 25.8. The van der Waals surface area contributed by atoms with E-state index in [4.69, 9.17) is 28.8 Å². The van der Waals surface area contributed by atoms with Crippen molar-refractivity contribution in [3.05, 3.63) is 0 Å². The lowest BCUT2D eigenvalue weighted by atomic mass is 10.2. The summed E-state index contributed by atoms with van der Waals surface area (Å²) in [6.45, 7) is 16.1. The Kier molecular flexibility index (Phi) is 15.6. The molecule has 6 nitrogen and oxygen atoms in total. The molecular formula is C20H42O6. The summed E-state index contributed by atoms with van der Waals surface area (Å²) in [6.07, 6.45) is 2.35. The average Bonchev–Trinajstić information content (AvgIpc) is 2.60. The zero-order chi connectivity index (χ0) is 19.9. The molecule has 6 atom stereocenters. The van der Waals surface area contributed by atoms with E-state index in [-0.39, 0.29) is 43.2 Å². The number of aliphatic hydroxyl groups is 1. The second-order valence-electron chi connectivity index (χ2n) is 7.30. The van der Waals surface area contributed by atoms with Gasteiger partial charge in [-0.25, -0.2) is 0 Å². The van der Waals surface area contributed by atoms with E-state index in [1.165, 1.54) is 0 Å². The third kappa shape index (κ3) is 14.9. The lowest BCUT2D eigenvalue weighted by molar-refractivity contribution is -0.103. The highest BCUT2D eigenvalue weighted by atomic mass is 16.6. The zero-order valence-corrected chi connectivity index (χ0v) is 17.9. The van der Waals surface area contributed by atoms with Gasteiger partial charge in [0.1, 0.15) is 0 Å². The van der Waals surface area contributed by atoms with Gasteiger partial charge in [-0.3, -0.25) is 0 Å². The van der Waals surface area contributed by atoms with Crippen molar-refractivity contribution in [3.63, 3.8) is 0 Å². The Bertz CT molecular complexity index is 315. The molecule has 0 spiro atoms. The molecular weight excluding hydrogens is 336 g/mol. The lowest BCUT2D eigenvalue weighted by Gasteiger charge is -2.23. The molecule has 0 amide bonds. The summed E-state index contributed by atoms with van der Waals surface area (Å²) >= 11 is 0. The molecule has 0 aliphatic heterocycles. The SMILES string of the molecule is CCCC(C)OC(C)COC(C)COC(C)COC(C)COC(C)CO. The van der Waals surface area contributed by atoms with Gasteiger partial charge in [0.15, 0.2) is 0 Å². The monoisotopic (exact) mass is 378 g/mol. The Morgan fingerprint density at radius 3 is 1.35 bits per heavy atom. The van der Waals surface area contributed by atoms with Crippen molar-refractivity contribution >= 4 is 0 Å². The Morgan fingerprint density at radius 2 is 0.962 bits per heavy atom. The molecule has 26 heavy (non-hydrogen) atoms. The van der Waals surface area contributed by atoms with Crippen LogP contribution in [0.4, 0.5) is 0 Å². The molecule has 158 valence electrons. The third-order valence-electron chi connectivity index (χ3n) is 3.88. The fraction of sp³-hybridized carbons (Fsp3) is 1.00. The summed E-state index contributed by atoms with van der Waals surface area (Å²) in [5, 5.41) is 8.93. The minimum Gasteiger partial charge on any atom is -0.394 e. The van der Waals surface area contributed by atoms with E-state index in [9.17, 15) is 0 Å². The van der Waals surface area contributed by atoms with E-state index >= 15 is 0 Å². The van der Waals surface area contributed by atoms with Gasteiger partial charge in [0.25, 0.3) is 0 Å². The van der Waals surface area contributed by atoms with Crippen molar-refractivity contribution in [1.82, 2.24) is 0 Å². The second-order valence-corrected chi connectivity index (χ2v) is 7.30. The van der Waals surface area contributed by atoms with Gasteiger partial charge in [-0.15, -0.1) is 0 Å².